The Morgan fingerprint density at radius 3 is 2.74 bits per heavy atom. The fourth-order valence-corrected chi connectivity index (χ4v) is 2.62. The molecule has 0 radical (unpaired) electrons. The zero-order chi connectivity index (χ0) is 16.4. The molecule has 2 heterocycles. The Morgan fingerprint density at radius 1 is 1.30 bits per heavy atom. The molecule has 0 spiro atoms. The summed E-state index contributed by atoms with van der Waals surface area (Å²) in [5, 5.41) is 4.02. The number of likely N-dealkylation sites (N-methyl/N-ethyl adjacent to an activating group) is 1. The van der Waals surface area contributed by atoms with Crippen LogP contribution in [0.1, 0.15) is 12.8 Å². The van der Waals surface area contributed by atoms with Gasteiger partial charge >= 0.3 is 0 Å². The standard InChI is InChI=1S/C16H20N4O3/c1-11-16(21)19(2)8-9-20(11)10-14-17-15(18-23-14)12-4-6-13(22-3)7-5-12/h4-7,11H,8-10H2,1-3H3/t11-/m0/s1. The lowest BCUT2D eigenvalue weighted by molar-refractivity contribution is -0.139. The molecule has 1 amide bonds. The Morgan fingerprint density at radius 2 is 2.04 bits per heavy atom. The van der Waals surface area contributed by atoms with Crippen molar-refractivity contribution in [2.75, 3.05) is 27.2 Å². The van der Waals surface area contributed by atoms with E-state index < -0.39 is 0 Å². The van der Waals surface area contributed by atoms with Crippen LogP contribution >= 0.6 is 0 Å². The number of rotatable bonds is 4. The van der Waals surface area contributed by atoms with E-state index >= 15 is 0 Å². The third-order valence-corrected chi connectivity index (χ3v) is 4.16. The van der Waals surface area contributed by atoms with E-state index in [0.29, 0.717) is 24.8 Å². The molecule has 0 aliphatic carbocycles. The quantitative estimate of drug-likeness (QED) is 0.849. The summed E-state index contributed by atoms with van der Waals surface area (Å²) in [4.78, 5) is 20.2. The summed E-state index contributed by atoms with van der Waals surface area (Å²) >= 11 is 0. The van der Waals surface area contributed by atoms with Crippen molar-refractivity contribution in [2.45, 2.75) is 19.5 Å². The van der Waals surface area contributed by atoms with Crippen molar-refractivity contribution in [3.05, 3.63) is 30.2 Å². The fourth-order valence-electron chi connectivity index (χ4n) is 2.62. The van der Waals surface area contributed by atoms with Gasteiger partial charge in [-0.2, -0.15) is 4.98 Å². The van der Waals surface area contributed by atoms with Crippen molar-refractivity contribution < 1.29 is 14.1 Å². The molecule has 1 aliphatic rings. The van der Waals surface area contributed by atoms with Gasteiger partial charge in [-0.15, -0.1) is 0 Å². The first-order chi connectivity index (χ1) is 11.1. The molecule has 1 aromatic carbocycles. The summed E-state index contributed by atoms with van der Waals surface area (Å²) in [5.41, 5.74) is 0.864. The van der Waals surface area contributed by atoms with E-state index in [2.05, 4.69) is 10.1 Å². The van der Waals surface area contributed by atoms with Crippen LogP contribution in [0.4, 0.5) is 0 Å². The summed E-state index contributed by atoms with van der Waals surface area (Å²) in [7, 11) is 3.45. The third kappa shape index (κ3) is 3.19. The number of carbonyl (C=O) groups excluding carboxylic acids is 1. The number of nitrogens with zero attached hydrogens (tertiary/aromatic N) is 4. The molecule has 7 heteroatoms. The maximum absolute atomic E-state index is 12.0. The van der Waals surface area contributed by atoms with Gasteiger partial charge in [-0.3, -0.25) is 9.69 Å². The van der Waals surface area contributed by atoms with Gasteiger partial charge in [0, 0.05) is 25.7 Å². The van der Waals surface area contributed by atoms with Crippen LogP contribution in [0, 0.1) is 0 Å². The van der Waals surface area contributed by atoms with Gasteiger partial charge in [0.25, 0.3) is 0 Å². The lowest BCUT2D eigenvalue weighted by Crippen LogP contribution is -2.53. The van der Waals surface area contributed by atoms with Gasteiger partial charge in [-0.25, -0.2) is 0 Å². The van der Waals surface area contributed by atoms with Gasteiger partial charge < -0.3 is 14.2 Å². The van der Waals surface area contributed by atoms with E-state index in [1.54, 1.807) is 12.0 Å². The minimum Gasteiger partial charge on any atom is -0.497 e. The number of piperazine rings is 1. The molecular formula is C16H20N4O3. The van der Waals surface area contributed by atoms with Gasteiger partial charge in [0.2, 0.25) is 17.6 Å². The third-order valence-electron chi connectivity index (χ3n) is 4.16. The Bertz CT molecular complexity index is 683. The van der Waals surface area contributed by atoms with Gasteiger partial charge in [0.1, 0.15) is 5.75 Å². The fraction of sp³-hybridized carbons (Fsp3) is 0.438. The Labute approximate surface area is 134 Å². The number of ether oxygens (including phenoxy) is 1. The van der Waals surface area contributed by atoms with Crippen LogP contribution in [0.3, 0.4) is 0 Å². The zero-order valence-corrected chi connectivity index (χ0v) is 13.5. The average Bonchev–Trinajstić information content (AvgIpc) is 3.04. The molecule has 1 atom stereocenters. The summed E-state index contributed by atoms with van der Waals surface area (Å²) in [6.07, 6.45) is 0. The number of hydrogen-bond donors (Lipinski definition) is 0. The van der Waals surface area contributed by atoms with Crippen molar-refractivity contribution in [2.24, 2.45) is 0 Å². The molecule has 7 nitrogen and oxygen atoms in total. The molecule has 2 aromatic rings. The minimum absolute atomic E-state index is 0.117. The van der Waals surface area contributed by atoms with Crippen molar-refractivity contribution >= 4 is 5.91 Å². The molecule has 0 N–H and O–H groups in total. The Balaban J connectivity index is 1.70. The van der Waals surface area contributed by atoms with Crippen molar-refractivity contribution in [3.8, 4) is 17.1 Å². The van der Waals surface area contributed by atoms with E-state index in [-0.39, 0.29) is 11.9 Å². The first kappa shape index (κ1) is 15.5. The van der Waals surface area contributed by atoms with Gasteiger partial charge in [0.05, 0.1) is 19.7 Å². The van der Waals surface area contributed by atoms with Crippen LogP contribution in [0.15, 0.2) is 28.8 Å². The van der Waals surface area contributed by atoms with Crippen LogP contribution in [0.5, 0.6) is 5.75 Å². The topological polar surface area (TPSA) is 71.7 Å². The molecule has 0 unspecified atom stereocenters. The van der Waals surface area contributed by atoms with Crippen molar-refractivity contribution in [1.82, 2.24) is 19.9 Å². The highest BCUT2D eigenvalue weighted by Crippen LogP contribution is 2.21. The molecule has 1 fully saturated rings. The predicted molar refractivity (Wildman–Crippen MR) is 83.8 cm³/mol. The number of amides is 1. The predicted octanol–water partition coefficient (Wildman–Crippen LogP) is 1.41. The SMILES string of the molecule is COc1ccc(-c2noc(CN3CCN(C)C(=O)[C@@H]3C)n2)cc1. The van der Waals surface area contributed by atoms with Crippen LogP contribution < -0.4 is 4.74 Å². The number of aromatic nitrogens is 2. The smallest absolute Gasteiger partial charge is 0.241 e. The second kappa shape index (κ2) is 6.37. The largest absolute Gasteiger partial charge is 0.497 e. The van der Waals surface area contributed by atoms with Gasteiger partial charge in [-0.1, -0.05) is 5.16 Å². The summed E-state index contributed by atoms with van der Waals surface area (Å²) in [6.45, 7) is 3.88. The Hall–Kier alpha value is -2.41. The monoisotopic (exact) mass is 316 g/mol. The lowest BCUT2D eigenvalue weighted by atomic mass is 10.2. The molecule has 122 valence electrons. The highest BCUT2D eigenvalue weighted by Gasteiger charge is 2.30. The molecule has 0 bridgehead atoms. The first-order valence-electron chi connectivity index (χ1n) is 7.54. The van der Waals surface area contributed by atoms with E-state index in [4.69, 9.17) is 9.26 Å². The number of benzene rings is 1. The number of carbonyl (C=O) groups is 1. The van der Waals surface area contributed by atoms with Gasteiger partial charge in [-0.05, 0) is 31.2 Å². The van der Waals surface area contributed by atoms with Crippen LogP contribution in [-0.2, 0) is 11.3 Å². The van der Waals surface area contributed by atoms with Crippen molar-refractivity contribution in [1.29, 1.82) is 0 Å². The maximum Gasteiger partial charge on any atom is 0.241 e. The zero-order valence-electron chi connectivity index (χ0n) is 13.5. The van der Waals surface area contributed by atoms with E-state index in [1.165, 1.54) is 0 Å². The second-order valence-corrected chi connectivity index (χ2v) is 5.65. The second-order valence-electron chi connectivity index (χ2n) is 5.65. The molecular weight excluding hydrogens is 296 g/mol. The summed E-state index contributed by atoms with van der Waals surface area (Å²) < 4.78 is 10.5. The normalized spacial score (nSPS) is 19.2. The van der Waals surface area contributed by atoms with E-state index in [9.17, 15) is 4.79 Å². The lowest BCUT2D eigenvalue weighted by Gasteiger charge is -2.36. The maximum atomic E-state index is 12.0. The highest BCUT2D eigenvalue weighted by molar-refractivity contribution is 5.81. The highest BCUT2D eigenvalue weighted by atomic mass is 16.5. The van der Waals surface area contributed by atoms with E-state index in [0.717, 1.165) is 17.9 Å². The molecule has 1 saturated heterocycles. The first-order valence-corrected chi connectivity index (χ1v) is 7.54. The number of methoxy groups -OCH3 is 1. The molecule has 0 saturated carbocycles. The Kier molecular flexibility index (Phi) is 4.29. The van der Waals surface area contributed by atoms with E-state index in [1.807, 2.05) is 43.1 Å². The van der Waals surface area contributed by atoms with Crippen LogP contribution in [0.25, 0.3) is 11.4 Å². The molecule has 23 heavy (non-hydrogen) atoms. The van der Waals surface area contributed by atoms with Crippen LogP contribution in [-0.4, -0.2) is 59.1 Å². The molecule has 1 aromatic heterocycles. The summed E-state index contributed by atoms with van der Waals surface area (Å²) in [5.74, 6) is 1.95. The van der Waals surface area contributed by atoms with Gasteiger partial charge in [0.15, 0.2) is 0 Å². The minimum atomic E-state index is -0.176. The molecule has 3 rings (SSSR count). The average molecular weight is 316 g/mol. The summed E-state index contributed by atoms with van der Waals surface area (Å²) in [6, 6.07) is 7.30. The molecule has 1 aliphatic heterocycles. The van der Waals surface area contributed by atoms with Crippen LogP contribution in [0.2, 0.25) is 0 Å². The number of hydrogen-bond acceptors (Lipinski definition) is 6. The van der Waals surface area contributed by atoms with Crippen molar-refractivity contribution in [3.63, 3.8) is 0 Å².